The van der Waals surface area contributed by atoms with Crippen molar-refractivity contribution in [2.24, 2.45) is 0 Å². The maximum atomic E-state index is 13.4. The number of nitrogens with zero attached hydrogens (tertiary/aromatic N) is 1. The Morgan fingerprint density at radius 3 is 2.57 bits per heavy atom. The number of sulfonamides is 1. The Bertz CT molecular complexity index is 818. The molecule has 1 aliphatic heterocycles. The van der Waals surface area contributed by atoms with Crippen LogP contribution in [0.3, 0.4) is 0 Å². The van der Waals surface area contributed by atoms with Crippen molar-refractivity contribution in [2.75, 3.05) is 10.8 Å². The van der Waals surface area contributed by atoms with Crippen LogP contribution < -0.4 is 4.31 Å². The maximum absolute atomic E-state index is 13.4. The van der Waals surface area contributed by atoms with Gasteiger partial charge in [0.1, 0.15) is 5.82 Å². The molecule has 4 nitrogen and oxygen atoms in total. The van der Waals surface area contributed by atoms with Crippen molar-refractivity contribution in [3.05, 3.63) is 59.4 Å². The van der Waals surface area contributed by atoms with Crippen LogP contribution in [0.5, 0.6) is 0 Å². The highest BCUT2D eigenvalue weighted by atomic mass is 32.2. The van der Waals surface area contributed by atoms with E-state index in [4.69, 9.17) is 0 Å². The smallest absolute Gasteiger partial charge is 0.264 e. The van der Waals surface area contributed by atoms with E-state index in [1.54, 1.807) is 24.3 Å². The molecular formula is C17H18FNO3S. The number of aliphatic hydroxyl groups is 1. The molecule has 0 fully saturated rings. The van der Waals surface area contributed by atoms with Gasteiger partial charge in [-0.3, -0.25) is 4.31 Å². The molecule has 0 spiro atoms. The number of rotatable bonds is 3. The van der Waals surface area contributed by atoms with Crippen molar-refractivity contribution in [1.29, 1.82) is 0 Å². The third kappa shape index (κ3) is 2.84. The van der Waals surface area contributed by atoms with Gasteiger partial charge >= 0.3 is 0 Å². The zero-order valence-corrected chi connectivity index (χ0v) is 13.6. The second-order valence-corrected chi connectivity index (χ2v) is 7.44. The van der Waals surface area contributed by atoms with Gasteiger partial charge in [0.15, 0.2) is 0 Å². The van der Waals surface area contributed by atoms with Crippen LogP contribution >= 0.6 is 0 Å². The van der Waals surface area contributed by atoms with Crippen LogP contribution in [-0.2, 0) is 16.4 Å². The van der Waals surface area contributed by atoms with E-state index < -0.39 is 21.9 Å². The lowest BCUT2D eigenvalue weighted by Crippen LogP contribution is -2.36. The lowest BCUT2D eigenvalue weighted by molar-refractivity contribution is 0.166. The summed E-state index contributed by atoms with van der Waals surface area (Å²) < 4.78 is 40.4. The summed E-state index contributed by atoms with van der Waals surface area (Å²) in [5, 5.41) is 10.0. The SMILES string of the molecule is CCc1ccc(S(=O)(=O)N2CCC(O)c3cc(F)ccc32)cc1. The molecule has 6 heteroatoms. The van der Waals surface area contributed by atoms with Crippen LogP contribution in [-0.4, -0.2) is 20.1 Å². The summed E-state index contributed by atoms with van der Waals surface area (Å²) >= 11 is 0. The average Bonchev–Trinajstić information content (AvgIpc) is 2.55. The number of aryl methyl sites for hydroxylation is 1. The standard InChI is InChI=1S/C17H18FNO3S/c1-2-12-3-6-14(7-4-12)23(21,22)19-10-9-17(20)15-11-13(18)5-8-16(15)19/h3-8,11,17,20H,2,9-10H2,1H3. The summed E-state index contributed by atoms with van der Waals surface area (Å²) in [7, 11) is -3.74. The number of hydrogen-bond donors (Lipinski definition) is 1. The van der Waals surface area contributed by atoms with E-state index in [0.29, 0.717) is 11.3 Å². The molecule has 0 amide bonds. The Morgan fingerprint density at radius 2 is 1.91 bits per heavy atom. The Balaban J connectivity index is 2.05. The summed E-state index contributed by atoms with van der Waals surface area (Å²) in [6.07, 6.45) is 0.218. The first kappa shape index (κ1) is 16.0. The van der Waals surface area contributed by atoms with Crippen molar-refractivity contribution >= 4 is 15.7 Å². The molecule has 0 saturated heterocycles. The molecule has 1 N–H and O–H groups in total. The van der Waals surface area contributed by atoms with Gasteiger partial charge in [-0.25, -0.2) is 12.8 Å². The van der Waals surface area contributed by atoms with Crippen LogP contribution in [0.4, 0.5) is 10.1 Å². The molecule has 2 aromatic carbocycles. The first-order valence-corrected chi connectivity index (χ1v) is 8.96. The molecule has 0 bridgehead atoms. The van der Waals surface area contributed by atoms with E-state index in [2.05, 4.69) is 0 Å². The summed E-state index contributed by atoms with van der Waals surface area (Å²) in [6, 6.07) is 10.6. The Hall–Kier alpha value is -1.92. The fraction of sp³-hybridized carbons (Fsp3) is 0.294. The monoisotopic (exact) mass is 335 g/mol. The lowest BCUT2D eigenvalue weighted by Gasteiger charge is -2.33. The maximum Gasteiger partial charge on any atom is 0.264 e. The highest BCUT2D eigenvalue weighted by Crippen LogP contribution is 2.37. The van der Waals surface area contributed by atoms with E-state index in [0.717, 1.165) is 12.0 Å². The first-order valence-electron chi connectivity index (χ1n) is 7.52. The molecule has 0 aromatic heterocycles. The van der Waals surface area contributed by atoms with Crippen LogP contribution in [0.25, 0.3) is 0 Å². The molecule has 1 aliphatic rings. The molecule has 23 heavy (non-hydrogen) atoms. The van der Waals surface area contributed by atoms with Gasteiger partial charge in [-0.2, -0.15) is 0 Å². The molecule has 1 atom stereocenters. The molecule has 1 unspecified atom stereocenters. The first-order chi connectivity index (χ1) is 10.9. The molecule has 0 aliphatic carbocycles. The molecule has 0 radical (unpaired) electrons. The van der Waals surface area contributed by atoms with E-state index in [1.807, 2.05) is 6.92 Å². The average molecular weight is 335 g/mol. The van der Waals surface area contributed by atoms with Crippen LogP contribution in [0.2, 0.25) is 0 Å². The number of anilines is 1. The van der Waals surface area contributed by atoms with Gasteiger partial charge in [0, 0.05) is 12.1 Å². The lowest BCUT2D eigenvalue weighted by atomic mass is 10.0. The predicted octanol–water partition coefficient (Wildman–Crippen LogP) is 3.02. The number of benzene rings is 2. The van der Waals surface area contributed by atoms with Gasteiger partial charge in [0.2, 0.25) is 0 Å². The van der Waals surface area contributed by atoms with Crippen molar-refractivity contribution < 1.29 is 17.9 Å². The number of aliphatic hydroxyl groups excluding tert-OH is 1. The minimum absolute atomic E-state index is 0.164. The van der Waals surface area contributed by atoms with E-state index in [-0.39, 0.29) is 17.9 Å². The minimum atomic E-state index is -3.74. The zero-order valence-electron chi connectivity index (χ0n) is 12.7. The minimum Gasteiger partial charge on any atom is -0.388 e. The second-order valence-electron chi connectivity index (χ2n) is 5.58. The van der Waals surface area contributed by atoms with E-state index in [9.17, 15) is 17.9 Å². The predicted molar refractivity (Wildman–Crippen MR) is 86.3 cm³/mol. The summed E-state index contributed by atoms with van der Waals surface area (Å²) in [4.78, 5) is 0.196. The molecule has 2 aromatic rings. The third-order valence-electron chi connectivity index (χ3n) is 4.14. The van der Waals surface area contributed by atoms with Gasteiger partial charge in [-0.15, -0.1) is 0 Å². The van der Waals surface area contributed by atoms with Gasteiger partial charge in [-0.05, 0) is 48.7 Å². The molecule has 1 heterocycles. The molecule has 122 valence electrons. The third-order valence-corrected chi connectivity index (χ3v) is 5.97. The topological polar surface area (TPSA) is 57.6 Å². The fourth-order valence-electron chi connectivity index (χ4n) is 2.81. The van der Waals surface area contributed by atoms with Gasteiger partial charge in [-0.1, -0.05) is 19.1 Å². The summed E-state index contributed by atoms with van der Waals surface area (Å²) in [5.74, 6) is -0.491. The second kappa shape index (κ2) is 5.94. The van der Waals surface area contributed by atoms with Crippen LogP contribution in [0.15, 0.2) is 47.4 Å². The van der Waals surface area contributed by atoms with Crippen molar-refractivity contribution in [3.63, 3.8) is 0 Å². The summed E-state index contributed by atoms with van der Waals surface area (Å²) in [5.41, 5.74) is 1.70. The van der Waals surface area contributed by atoms with Gasteiger partial charge in [0.05, 0.1) is 16.7 Å². The van der Waals surface area contributed by atoms with Crippen molar-refractivity contribution in [1.82, 2.24) is 0 Å². The van der Waals surface area contributed by atoms with E-state index in [1.165, 1.54) is 22.5 Å². The van der Waals surface area contributed by atoms with Crippen LogP contribution in [0, 0.1) is 5.82 Å². The van der Waals surface area contributed by atoms with Crippen molar-refractivity contribution in [3.8, 4) is 0 Å². The van der Waals surface area contributed by atoms with E-state index >= 15 is 0 Å². The number of halogens is 1. The highest BCUT2D eigenvalue weighted by molar-refractivity contribution is 7.92. The molecule has 0 saturated carbocycles. The quantitative estimate of drug-likeness (QED) is 0.938. The summed E-state index contributed by atoms with van der Waals surface area (Å²) in [6.45, 7) is 2.16. The largest absolute Gasteiger partial charge is 0.388 e. The van der Waals surface area contributed by atoms with Crippen molar-refractivity contribution in [2.45, 2.75) is 30.8 Å². The normalized spacial score (nSPS) is 17.9. The van der Waals surface area contributed by atoms with Crippen LogP contribution in [0.1, 0.15) is 30.6 Å². The Labute approximate surface area is 135 Å². The number of fused-ring (bicyclic) bond motifs is 1. The Kier molecular flexibility index (Phi) is 4.12. The fourth-order valence-corrected chi connectivity index (χ4v) is 4.31. The van der Waals surface area contributed by atoms with Gasteiger partial charge < -0.3 is 5.11 Å². The Morgan fingerprint density at radius 1 is 1.22 bits per heavy atom. The molecular weight excluding hydrogens is 317 g/mol. The number of hydrogen-bond acceptors (Lipinski definition) is 3. The van der Waals surface area contributed by atoms with Gasteiger partial charge in [0.25, 0.3) is 10.0 Å². The highest BCUT2D eigenvalue weighted by Gasteiger charge is 2.32. The zero-order chi connectivity index (χ0) is 16.6. The molecule has 3 rings (SSSR count).